The SMILES string of the molecule is O=C1c2[nH]nc(-c3ccccc3O)c2[C@@H](c2cccc(O)c2)N1Cc1ccncc1. The summed E-state index contributed by atoms with van der Waals surface area (Å²) in [4.78, 5) is 19.1. The summed E-state index contributed by atoms with van der Waals surface area (Å²) < 4.78 is 0. The number of nitrogens with zero attached hydrogens (tertiary/aromatic N) is 3. The molecule has 0 aliphatic carbocycles. The Morgan fingerprint density at radius 3 is 2.57 bits per heavy atom. The summed E-state index contributed by atoms with van der Waals surface area (Å²) in [7, 11) is 0. The minimum absolute atomic E-state index is 0.0847. The molecule has 1 aliphatic rings. The summed E-state index contributed by atoms with van der Waals surface area (Å²) in [5.74, 6) is 0.00989. The molecule has 148 valence electrons. The van der Waals surface area contributed by atoms with E-state index in [4.69, 9.17) is 0 Å². The lowest BCUT2D eigenvalue weighted by molar-refractivity contribution is 0.0730. The zero-order chi connectivity index (χ0) is 20.7. The molecule has 0 spiro atoms. The first-order chi connectivity index (χ1) is 14.6. The number of hydrogen-bond acceptors (Lipinski definition) is 5. The Kier molecular flexibility index (Phi) is 4.21. The number of aromatic nitrogens is 3. The van der Waals surface area contributed by atoms with E-state index >= 15 is 0 Å². The van der Waals surface area contributed by atoms with Crippen molar-refractivity contribution in [1.82, 2.24) is 20.1 Å². The molecule has 30 heavy (non-hydrogen) atoms. The van der Waals surface area contributed by atoms with E-state index in [0.717, 1.165) is 11.1 Å². The molecule has 1 aliphatic heterocycles. The number of nitrogens with one attached hydrogen (secondary N) is 1. The Morgan fingerprint density at radius 2 is 1.80 bits per heavy atom. The first-order valence-corrected chi connectivity index (χ1v) is 9.49. The number of phenolic OH excluding ortho intramolecular Hbond substituents is 2. The number of H-pyrrole nitrogens is 1. The van der Waals surface area contributed by atoms with Crippen molar-refractivity contribution in [2.24, 2.45) is 0 Å². The van der Waals surface area contributed by atoms with Gasteiger partial charge < -0.3 is 15.1 Å². The van der Waals surface area contributed by atoms with Gasteiger partial charge in [0.2, 0.25) is 0 Å². The molecule has 0 fully saturated rings. The zero-order valence-electron chi connectivity index (χ0n) is 15.9. The van der Waals surface area contributed by atoms with E-state index in [1.807, 2.05) is 24.3 Å². The van der Waals surface area contributed by atoms with Crippen LogP contribution in [-0.4, -0.2) is 36.2 Å². The second-order valence-corrected chi connectivity index (χ2v) is 7.16. The lowest BCUT2D eigenvalue weighted by atomic mass is 9.95. The molecule has 1 amide bonds. The summed E-state index contributed by atoms with van der Waals surface area (Å²) >= 11 is 0. The number of hydrogen-bond donors (Lipinski definition) is 3. The summed E-state index contributed by atoms with van der Waals surface area (Å²) in [6.45, 7) is 0.365. The highest BCUT2D eigenvalue weighted by Gasteiger charge is 2.42. The van der Waals surface area contributed by atoms with Gasteiger partial charge in [-0.3, -0.25) is 14.9 Å². The molecule has 7 heteroatoms. The number of aromatic amines is 1. The number of amides is 1. The maximum atomic E-state index is 13.3. The van der Waals surface area contributed by atoms with E-state index in [9.17, 15) is 15.0 Å². The molecule has 0 saturated carbocycles. The largest absolute Gasteiger partial charge is 0.508 e. The number of fused-ring (bicyclic) bond motifs is 1. The van der Waals surface area contributed by atoms with Gasteiger partial charge in [-0.2, -0.15) is 5.10 Å². The molecule has 3 N–H and O–H groups in total. The molecule has 5 rings (SSSR count). The van der Waals surface area contributed by atoms with Crippen molar-refractivity contribution in [2.75, 3.05) is 0 Å². The number of pyridine rings is 1. The highest BCUT2D eigenvalue weighted by atomic mass is 16.3. The molecular weight excluding hydrogens is 380 g/mol. The van der Waals surface area contributed by atoms with Crippen molar-refractivity contribution in [3.8, 4) is 22.8 Å². The molecule has 0 radical (unpaired) electrons. The number of benzene rings is 2. The highest BCUT2D eigenvalue weighted by molar-refractivity contribution is 6.00. The first-order valence-electron chi connectivity index (χ1n) is 9.49. The Morgan fingerprint density at radius 1 is 1.00 bits per heavy atom. The van der Waals surface area contributed by atoms with Crippen LogP contribution in [-0.2, 0) is 6.54 Å². The average molecular weight is 398 g/mol. The monoisotopic (exact) mass is 398 g/mol. The number of carbonyl (C=O) groups is 1. The van der Waals surface area contributed by atoms with Gasteiger partial charge in [-0.15, -0.1) is 0 Å². The number of rotatable bonds is 4. The fourth-order valence-corrected chi connectivity index (χ4v) is 3.97. The molecule has 0 unspecified atom stereocenters. The van der Waals surface area contributed by atoms with Gasteiger partial charge in [-0.25, -0.2) is 0 Å². The van der Waals surface area contributed by atoms with Gasteiger partial charge in [0.05, 0.1) is 6.04 Å². The van der Waals surface area contributed by atoms with Gasteiger partial charge in [0.15, 0.2) is 0 Å². The predicted molar refractivity (Wildman–Crippen MR) is 110 cm³/mol. The van der Waals surface area contributed by atoms with E-state index in [1.54, 1.807) is 53.7 Å². The van der Waals surface area contributed by atoms with Crippen molar-refractivity contribution in [3.63, 3.8) is 0 Å². The third kappa shape index (κ3) is 2.88. The fraction of sp³-hybridized carbons (Fsp3) is 0.0870. The third-order valence-corrected chi connectivity index (χ3v) is 5.31. The fourth-order valence-electron chi connectivity index (χ4n) is 3.97. The maximum Gasteiger partial charge on any atom is 0.273 e. The van der Waals surface area contributed by atoms with Crippen molar-refractivity contribution in [1.29, 1.82) is 0 Å². The second kappa shape index (κ2) is 7.04. The predicted octanol–water partition coefficient (Wildman–Crippen LogP) is 3.63. The Balaban J connectivity index is 1.68. The lowest BCUT2D eigenvalue weighted by Crippen LogP contribution is -2.29. The van der Waals surface area contributed by atoms with E-state index in [0.29, 0.717) is 29.1 Å². The van der Waals surface area contributed by atoms with Crippen LogP contribution in [0.4, 0.5) is 0 Å². The van der Waals surface area contributed by atoms with Crippen LogP contribution in [0.5, 0.6) is 11.5 Å². The van der Waals surface area contributed by atoms with Gasteiger partial charge >= 0.3 is 0 Å². The molecule has 7 nitrogen and oxygen atoms in total. The minimum Gasteiger partial charge on any atom is -0.508 e. The molecule has 0 bridgehead atoms. The Hall–Kier alpha value is -4.13. The minimum atomic E-state index is -0.471. The Bertz CT molecular complexity index is 1240. The molecule has 4 aromatic rings. The smallest absolute Gasteiger partial charge is 0.273 e. The molecule has 2 aromatic carbocycles. The van der Waals surface area contributed by atoms with Crippen molar-refractivity contribution >= 4 is 5.91 Å². The van der Waals surface area contributed by atoms with Crippen molar-refractivity contribution < 1.29 is 15.0 Å². The van der Waals surface area contributed by atoms with Crippen LogP contribution in [0, 0.1) is 0 Å². The van der Waals surface area contributed by atoms with Crippen molar-refractivity contribution in [2.45, 2.75) is 12.6 Å². The van der Waals surface area contributed by atoms with Gasteiger partial charge in [0.1, 0.15) is 22.9 Å². The number of carbonyl (C=O) groups excluding carboxylic acids is 1. The summed E-state index contributed by atoms with van der Waals surface area (Å²) in [5.41, 5.74) is 3.82. The summed E-state index contributed by atoms with van der Waals surface area (Å²) in [5, 5.41) is 27.7. The van der Waals surface area contributed by atoms with Gasteiger partial charge in [-0.1, -0.05) is 24.3 Å². The van der Waals surface area contributed by atoms with Crippen molar-refractivity contribution in [3.05, 3.63) is 95.4 Å². The van der Waals surface area contributed by atoms with Crippen LogP contribution in [0.3, 0.4) is 0 Å². The van der Waals surface area contributed by atoms with E-state index in [2.05, 4.69) is 15.2 Å². The van der Waals surface area contributed by atoms with Crippen LogP contribution in [0.15, 0.2) is 73.1 Å². The van der Waals surface area contributed by atoms with Crippen LogP contribution in [0.1, 0.15) is 33.2 Å². The zero-order valence-corrected chi connectivity index (χ0v) is 15.9. The van der Waals surface area contributed by atoms with Gasteiger partial charge in [0, 0.05) is 30.1 Å². The van der Waals surface area contributed by atoms with E-state index in [1.165, 1.54) is 0 Å². The summed E-state index contributed by atoms with van der Waals surface area (Å²) in [6, 6.07) is 17.0. The highest BCUT2D eigenvalue weighted by Crippen LogP contribution is 2.45. The molecule has 3 heterocycles. The van der Waals surface area contributed by atoms with E-state index in [-0.39, 0.29) is 17.4 Å². The third-order valence-electron chi connectivity index (χ3n) is 5.31. The molecule has 2 aromatic heterocycles. The number of para-hydroxylation sites is 1. The first kappa shape index (κ1) is 17.9. The van der Waals surface area contributed by atoms with Crippen LogP contribution >= 0.6 is 0 Å². The normalized spacial score (nSPS) is 15.4. The van der Waals surface area contributed by atoms with Gasteiger partial charge in [0.25, 0.3) is 5.91 Å². The second-order valence-electron chi connectivity index (χ2n) is 7.16. The average Bonchev–Trinajstić information content (AvgIpc) is 3.29. The number of phenols is 2. The maximum absolute atomic E-state index is 13.3. The topological polar surface area (TPSA) is 102 Å². The lowest BCUT2D eigenvalue weighted by Gasteiger charge is -2.26. The molecular formula is C23H18N4O3. The molecule has 1 atom stereocenters. The number of aromatic hydroxyl groups is 2. The summed E-state index contributed by atoms with van der Waals surface area (Å²) in [6.07, 6.45) is 3.38. The van der Waals surface area contributed by atoms with E-state index < -0.39 is 6.04 Å². The quantitative estimate of drug-likeness (QED) is 0.487. The Labute approximate surface area is 172 Å². The standard InChI is InChI=1S/C23H18N4O3/c28-16-5-3-4-15(12-16)22-19-20(17-6-1-2-7-18(17)29)25-26-21(19)23(30)27(22)13-14-8-10-24-11-9-14/h1-12,22,28-29H,13H2,(H,25,26)/t22-/m1/s1. The van der Waals surface area contributed by atoms with Crippen LogP contribution < -0.4 is 0 Å². The van der Waals surface area contributed by atoms with Crippen LogP contribution in [0.25, 0.3) is 11.3 Å². The molecule has 0 saturated heterocycles. The van der Waals surface area contributed by atoms with Gasteiger partial charge in [-0.05, 0) is 47.5 Å². The van der Waals surface area contributed by atoms with Crippen LogP contribution in [0.2, 0.25) is 0 Å².